The maximum absolute atomic E-state index is 6.51. The molecule has 1 heterocycles. The van der Waals surface area contributed by atoms with Gasteiger partial charge in [0, 0.05) is 5.56 Å². The van der Waals surface area contributed by atoms with Crippen molar-refractivity contribution in [1.29, 1.82) is 0 Å². The largest absolute Gasteiger partial charge is 0.466 e. The number of furan rings is 1. The van der Waals surface area contributed by atoms with Gasteiger partial charge >= 0.3 is 0 Å². The lowest BCUT2D eigenvalue weighted by Gasteiger charge is -2.20. The number of hydrogen-bond acceptors (Lipinski definition) is 2. The lowest BCUT2D eigenvalue weighted by Crippen LogP contribution is -2.16. The predicted octanol–water partition coefficient (Wildman–Crippen LogP) is 4.18. The highest BCUT2D eigenvalue weighted by Crippen LogP contribution is 2.32. The van der Waals surface area contributed by atoms with Crippen molar-refractivity contribution >= 4 is 0 Å². The van der Waals surface area contributed by atoms with Gasteiger partial charge in [-0.3, -0.25) is 0 Å². The minimum Gasteiger partial charge on any atom is -0.466 e. The summed E-state index contributed by atoms with van der Waals surface area (Å²) in [5.74, 6) is 1.84. The SMILES string of the molecule is Cc1cc(C(N)c2c(C)c(C)cc(C)c2C)c(C)o1. The van der Waals surface area contributed by atoms with Crippen LogP contribution in [0.5, 0.6) is 0 Å². The van der Waals surface area contributed by atoms with Crippen LogP contribution in [0.15, 0.2) is 16.5 Å². The third-order valence-corrected chi connectivity index (χ3v) is 4.15. The molecule has 2 aromatic rings. The molecule has 19 heavy (non-hydrogen) atoms. The number of hydrogen-bond donors (Lipinski definition) is 1. The molecule has 2 heteroatoms. The van der Waals surface area contributed by atoms with Crippen LogP contribution < -0.4 is 5.73 Å². The van der Waals surface area contributed by atoms with E-state index in [1.165, 1.54) is 27.8 Å². The van der Waals surface area contributed by atoms with E-state index < -0.39 is 0 Å². The molecule has 0 aliphatic carbocycles. The monoisotopic (exact) mass is 257 g/mol. The summed E-state index contributed by atoms with van der Waals surface area (Å²) >= 11 is 0. The molecule has 0 spiro atoms. The molecule has 0 aliphatic rings. The minimum absolute atomic E-state index is 0.115. The first-order valence-corrected chi connectivity index (χ1v) is 6.72. The van der Waals surface area contributed by atoms with E-state index in [0.717, 1.165) is 17.1 Å². The second-order valence-electron chi connectivity index (χ2n) is 5.52. The fraction of sp³-hybridized carbons (Fsp3) is 0.412. The summed E-state index contributed by atoms with van der Waals surface area (Å²) in [6.45, 7) is 12.5. The molecule has 1 atom stereocenters. The van der Waals surface area contributed by atoms with Gasteiger partial charge in [0.25, 0.3) is 0 Å². The standard InChI is InChI=1S/C17H23NO/c1-9-7-10(2)13(5)16(12(9)4)17(18)15-8-11(3)19-14(15)6/h7-8,17H,18H2,1-6H3. The zero-order valence-corrected chi connectivity index (χ0v) is 12.7. The van der Waals surface area contributed by atoms with E-state index in [0.29, 0.717) is 0 Å². The van der Waals surface area contributed by atoms with Crippen LogP contribution in [0.1, 0.15) is 50.9 Å². The Hall–Kier alpha value is -1.54. The molecule has 0 saturated heterocycles. The van der Waals surface area contributed by atoms with Crippen molar-refractivity contribution in [2.75, 3.05) is 0 Å². The van der Waals surface area contributed by atoms with E-state index in [9.17, 15) is 0 Å². The normalized spacial score (nSPS) is 12.8. The van der Waals surface area contributed by atoms with E-state index >= 15 is 0 Å². The molecule has 0 bridgehead atoms. The molecule has 0 aliphatic heterocycles. The first-order valence-electron chi connectivity index (χ1n) is 6.72. The number of benzene rings is 1. The molecular formula is C17H23NO. The number of nitrogens with two attached hydrogens (primary N) is 1. The second kappa shape index (κ2) is 4.86. The van der Waals surface area contributed by atoms with Gasteiger partial charge < -0.3 is 10.2 Å². The molecule has 0 fully saturated rings. The predicted molar refractivity (Wildman–Crippen MR) is 79.6 cm³/mol. The molecular weight excluding hydrogens is 234 g/mol. The molecule has 0 saturated carbocycles. The zero-order chi connectivity index (χ0) is 14.3. The van der Waals surface area contributed by atoms with Crippen molar-refractivity contribution in [3.8, 4) is 0 Å². The summed E-state index contributed by atoms with van der Waals surface area (Å²) < 4.78 is 5.62. The summed E-state index contributed by atoms with van der Waals surface area (Å²) in [4.78, 5) is 0. The molecule has 1 aromatic heterocycles. The Balaban J connectivity index is 2.62. The van der Waals surface area contributed by atoms with Crippen LogP contribution in [0, 0.1) is 41.5 Å². The topological polar surface area (TPSA) is 39.2 Å². The molecule has 2 rings (SSSR count). The van der Waals surface area contributed by atoms with Crippen LogP contribution in [0.25, 0.3) is 0 Å². The summed E-state index contributed by atoms with van der Waals surface area (Å²) in [6, 6.07) is 4.17. The van der Waals surface area contributed by atoms with Crippen molar-refractivity contribution in [2.45, 2.75) is 47.6 Å². The van der Waals surface area contributed by atoms with Crippen LogP contribution >= 0.6 is 0 Å². The van der Waals surface area contributed by atoms with E-state index in [1.807, 2.05) is 13.8 Å². The van der Waals surface area contributed by atoms with E-state index in [4.69, 9.17) is 10.2 Å². The van der Waals surface area contributed by atoms with Crippen LogP contribution in [0.4, 0.5) is 0 Å². The Morgan fingerprint density at radius 3 is 1.84 bits per heavy atom. The Labute approximate surface area is 115 Å². The van der Waals surface area contributed by atoms with Crippen molar-refractivity contribution in [2.24, 2.45) is 5.73 Å². The van der Waals surface area contributed by atoms with E-state index in [1.54, 1.807) is 0 Å². The van der Waals surface area contributed by atoms with Gasteiger partial charge in [0.1, 0.15) is 11.5 Å². The smallest absolute Gasteiger partial charge is 0.106 e. The van der Waals surface area contributed by atoms with Crippen LogP contribution in [-0.4, -0.2) is 0 Å². The van der Waals surface area contributed by atoms with Crippen molar-refractivity contribution in [1.82, 2.24) is 0 Å². The van der Waals surface area contributed by atoms with Gasteiger partial charge in [0.05, 0.1) is 6.04 Å². The van der Waals surface area contributed by atoms with Gasteiger partial charge in [-0.05, 0) is 75.4 Å². The lowest BCUT2D eigenvalue weighted by atomic mass is 9.87. The van der Waals surface area contributed by atoms with Crippen LogP contribution in [0.3, 0.4) is 0 Å². The molecule has 2 N–H and O–H groups in total. The summed E-state index contributed by atoms with van der Waals surface area (Å²) in [7, 11) is 0. The summed E-state index contributed by atoms with van der Waals surface area (Å²) in [5, 5.41) is 0. The highest BCUT2D eigenvalue weighted by molar-refractivity contribution is 5.49. The van der Waals surface area contributed by atoms with Crippen molar-refractivity contribution in [3.63, 3.8) is 0 Å². The quantitative estimate of drug-likeness (QED) is 0.876. The highest BCUT2D eigenvalue weighted by Gasteiger charge is 2.20. The summed E-state index contributed by atoms with van der Waals surface area (Å²) in [6.07, 6.45) is 0. The minimum atomic E-state index is -0.115. The fourth-order valence-electron chi connectivity index (χ4n) is 2.83. The Bertz CT molecular complexity index is 596. The first kappa shape index (κ1) is 13.9. The number of rotatable bonds is 2. The third-order valence-electron chi connectivity index (χ3n) is 4.15. The van der Waals surface area contributed by atoms with E-state index in [2.05, 4.69) is 39.8 Å². The van der Waals surface area contributed by atoms with Crippen molar-refractivity contribution < 1.29 is 4.42 Å². The van der Waals surface area contributed by atoms with Crippen LogP contribution in [-0.2, 0) is 0 Å². The van der Waals surface area contributed by atoms with Gasteiger partial charge in [-0.25, -0.2) is 0 Å². The molecule has 0 amide bonds. The van der Waals surface area contributed by atoms with Gasteiger partial charge in [-0.2, -0.15) is 0 Å². The Morgan fingerprint density at radius 2 is 1.42 bits per heavy atom. The molecule has 1 aromatic carbocycles. The molecule has 102 valence electrons. The van der Waals surface area contributed by atoms with Gasteiger partial charge in [0.15, 0.2) is 0 Å². The van der Waals surface area contributed by atoms with Crippen molar-refractivity contribution in [3.05, 3.63) is 57.0 Å². The average Bonchev–Trinajstić information content (AvgIpc) is 2.66. The second-order valence-corrected chi connectivity index (χ2v) is 5.52. The first-order chi connectivity index (χ1) is 8.82. The molecule has 2 nitrogen and oxygen atoms in total. The Kier molecular flexibility index (Phi) is 3.55. The van der Waals surface area contributed by atoms with E-state index in [-0.39, 0.29) is 6.04 Å². The third kappa shape index (κ3) is 2.33. The van der Waals surface area contributed by atoms with Gasteiger partial charge in [-0.15, -0.1) is 0 Å². The molecule has 1 unspecified atom stereocenters. The lowest BCUT2D eigenvalue weighted by molar-refractivity contribution is 0.499. The fourth-order valence-corrected chi connectivity index (χ4v) is 2.83. The maximum atomic E-state index is 6.51. The van der Waals surface area contributed by atoms with Gasteiger partial charge in [0.2, 0.25) is 0 Å². The summed E-state index contributed by atoms with van der Waals surface area (Å²) in [5.41, 5.74) is 14.0. The van der Waals surface area contributed by atoms with Crippen LogP contribution in [0.2, 0.25) is 0 Å². The molecule has 0 radical (unpaired) electrons. The van der Waals surface area contributed by atoms with Gasteiger partial charge in [-0.1, -0.05) is 6.07 Å². The average molecular weight is 257 g/mol. The maximum Gasteiger partial charge on any atom is 0.106 e. The number of aryl methyl sites for hydroxylation is 4. The zero-order valence-electron chi connectivity index (χ0n) is 12.7. The Morgan fingerprint density at radius 1 is 0.895 bits per heavy atom. The highest BCUT2D eigenvalue weighted by atomic mass is 16.3.